The van der Waals surface area contributed by atoms with Crippen molar-refractivity contribution in [1.82, 2.24) is 5.32 Å². The number of ketones is 2. The van der Waals surface area contributed by atoms with E-state index < -0.39 is 46.2 Å². The smallest absolute Gasteiger partial charge is 0.252 e. The van der Waals surface area contributed by atoms with Gasteiger partial charge in [0.25, 0.3) is 5.91 Å². The van der Waals surface area contributed by atoms with E-state index in [0.717, 1.165) is 16.7 Å². The number of fused-ring (bicyclic) bond motifs is 3. The van der Waals surface area contributed by atoms with E-state index in [-0.39, 0.29) is 35.6 Å². The Balaban J connectivity index is 1.57. The van der Waals surface area contributed by atoms with E-state index in [0.29, 0.717) is 18.5 Å². The van der Waals surface area contributed by atoms with Crippen LogP contribution in [0.4, 0.5) is 0 Å². The van der Waals surface area contributed by atoms with Crippen LogP contribution in [0.2, 0.25) is 0 Å². The Morgan fingerprint density at radius 2 is 1.81 bits per heavy atom. The predicted molar refractivity (Wildman–Crippen MR) is 132 cm³/mol. The fourth-order valence-electron chi connectivity index (χ4n) is 5.81. The number of Topliss-reactive ketones (excluding diaryl/α,β-unsaturated/α-hetero) is 2. The van der Waals surface area contributed by atoms with Gasteiger partial charge < -0.3 is 26.4 Å². The number of aliphatic hydroxyl groups is 2. The maximum atomic E-state index is 13.7. The standard InChI is InChI=1S/C28H26N2O7/c1-13(31)30-12-14-2-4-15(5-3-14)18-8-9-21(32)23-20(18)11-16-10-17-6-7-19(27(29)36)25(34)28(17,37)26(35)22(16)24(23)33/h2-5,7-9,16-17,32,35,37H,6,10-12H2,1H3,(H2,29,36)(H,30,31)/t16-,17-,28-/m1/s1. The summed E-state index contributed by atoms with van der Waals surface area (Å²) in [4.78, 5) is 49.5. The second kappa shape index (κ2) is 8.70. The van der Waals surface area contributed by atoms with Gasteiger partial charge in [-0.15, -0.1) is 0 Å². The van der Waals surface area contributed by atoms with Crippen molar-refractivity contribution in [2.45, 2.75) is 38.3 Å². The first kappa shape index (κ1) is 24.5. The zero-order valence-electron chi connectivity index (χ0n) is 20.1. The van der Waals surface area contributed by atoms with Crippen LogP contribution in [0.15, 0.2) is 59.4 Å². The van der Waals surface area contributed by atoms with Gasteiger partial charge in [0.05, 0.1) is 11.1 Å². The first-order chi connectivity index (χ1) is 17.5. The molecular weight excluding hydrogens is 476 g/mol. The third kappa shape index (κ3) is 3.74. The molecule has 0 heterocycles. The lowest BCUT2D eigenvalue weighted by Gasteiger charge is -2.45. The van der Waals surface area contributed by atoms with Crippen LogP contribution in [0.5, 0.6) is 5.75 Å². The molecule has 3 aliphatic carbocycles. The van der Waals surface area contributed by atoms with E-state index in [1.165, 1.54) is 19.1 Å². The van der Waals surface area contributed by atoms with Gasteiger partial charge in [0, 0.05) is 25.0 Å². The number of allylic oxidation sites excluding steroid dienone is 2. The molecule has 190 valence electrons. The summed E-state index contributed by atoms with van der Waals surface area (Å²) in [6.45, 7) is 1.82. The van der Waals surface area contributed by atoms with Crippen molar-refractivity contribution < 1.29 is 34.5 Å². The largest absolute Gasteiger partial charge is 0.508 e. The van der Waals surface area contributed by atoms with Gasteiger partial charge >= 0.3 is 0 Å². The molecule has 0 radical (unpaired) electrons. The summed E-state index contributed by atoms with van der Waals surface area (Å²) < 4.78 is 0. The lowest BCUT2D eigenvalue weighted by molar-refractivity contribution is -0.143. The summed E-state index contributed by atoms with van der Waals surface area (Å²) in [5, 5.41) is 35.8. The quantitative estimate of drug-likeness (QED) is 0.399. The molecule has 2 amide bonds. The van der Waals surface area contributed by atoms with Gasteiger partial charge in [-0.05, 0) is 53.5 Å². The third-order valence-corrected chi connectivity index (χ3v) is 7.67. The number of nitrogens with two attached hydrogens (primary N) is 1. The number of rotatable bonds is 4. The molecule has 0 unspecified atom stereocenters. The number of hydrogen-bond acceptors (Lipinski definition) is 7. The minimum atomic E-state index is -2.42. The highest BCUT2D eigenvalue weighted by Gasteiger charge is 2.58. The van der Waals surface area contributed by atoms with Crippen molar-refractivity contribution in [3.63, 3.8) is 0 Å². The van der Waals surface area contributed by atoms with Crippen molar-refractivity contribution in [3.05, 3.63) is 76.1 Å². The molecule has 2 aromatic rings. The molecule has 0 saturated carbocycles. The minimum absolute atomic E-state index is 0.00796. The molecule has 37 heavy (non-hydrogen) atoms. The fraction of sp³-hybridized carbons (Fsp3) is 0.286. The number of nitrogens with one attached hydrogen (secondary N) is 1. The van der Waals surface area contributed by atoms with Crippen LogP contribution < -0.4 is 11.1 Å². The predicted octanol–water partition coefficient (Wildman–Crippen LogP) is 2.00. The number of aromatic hydroxyl groups is 1. The molecule has 3 aliphatic rings. The fourth-order valence-corrected chi connectivity index (χ4v) is 5.81. The molecule has 0 saturated heterocycles. The van der Waals surface area contributed by atoms with Gasteiger partial charge in [0.15, 0.2) is 11.4 Å². The van der Waals surface area contributed by atoms with E-state index >= 15 is 0 Å². The number of aliphatic hydroxyl groups excluding tert-OH is 1. The van der Waals surface area contributed by atoms with Crippen molar-refractivity contribution in [3.8, 4) is 16.9 Å². The molecule has 0 aliphatic heterocycles. The summed E-state index contributed by atoms with van der Waals surface area (Å²) in [6.07, 6.45) is 2.03. The van der Waals surface area contributed by atoms with Crippen molar-refractivity contribution >= 4 is 23.4 Å². The molecule has 9 nitrogen and oxygen atoms in total. The maximum absolute atomic E-state index is 13.7. The molecule has 0 fully saturated rings. The van der Waals surface area contributed by atoms with Crippen LogP contribution in [0, 0.1) is 11.8 Å². The number of phenols is 1. The zero-order valence-corrected chi connectivity index (χ0v) is 20.1. The summed E-state index contributed by atoms with van der Waals surface area (Å²) >= 11 is 0. The minimum Gasteiger partial charge on any atom is -0.508 e. The van der Waals surface area contributed by atoms with Crippen LogP contribution in [0.3, 0.4) is 0 Å². The zero-order chi connectivity index (χ0) is 26.6. The summed E-state index contributed by atoms with van der Waals surface area (Å²) in [5.74, 6) is -5.11. The van der Waals surface area contributed by atoms with Gasteiger partial charge in [0.1, 0.15) is 11.5 Å². The van der Waals surface area contributed by atoms with Crippen molar-refractivity contribution in [2.24, 2.45) is 17.6 Å². The SMILES string of the molecule is CC(=O)NCc1ccc(-c2ccc(O)c3c2C[C@H]2C[C@H]4CC=C(C(N)=O)C(=O)[C@@]4(O)C(O)=C2C3=O)cc1. The Hall–Kier alpha value is -4.24. The van der Waals surface area contributed by atoms with E-state index in [1.54, 1.807) is 6.07 Å². The first-order valence-electron chi connectivity index (χ1n) is 12.0. The summed E-state index contributed by atoms with van der Waals surface area (Å²) in [7, 11) is 0. The number of benzene rings is 2. The lowest BCUT2D eigenvalue weighted by Crippen LogP contribution is -2.56. The monoisotopic (exact) mass is 502 g/mol. The highest BCUT2D eigenvalue weighted by molar-refractivity contribution is 6.24. The second-order valence-electron chi connectivity index (χ2n) is 9.83. The highest BCUT2D eigenvalue weighted by atomic mass is 16.3. The van der Waals surface area contributed by atoms with Crippen molar-refractivity contribution in [2.75, 3.05) is 0 Å². The highest BCUT2D eigenvalue weighted by Crippen LogP contribution is 2.51. The Morgan fingerprint density at radius 3 is 2.46 bits per heavy atom. The number of primary amides is 1. The molecular formula is C28H26N2O7. The molecule has 0 bridgehead atoms. The van der Waals surface area contributed by atoms with Crippen molar-refractivity contribution in [1.29, 1.82) is 0 Å². The van der Waals surface area contributed by atoms with Crippen LogP contribution >= 0.6 is 0 Å². The van der Waals surface area contributed by atoms with Gasteiger partial charge in [-0.2, -0.15) is 0 Å². The number of carbonyl (C=O) groups excluding carboxylic acids is 4. The Morgan fingerprint density at radius 1 is 1.11 bits per heavy atom. The molecule has 5 rings (SSSR count). The summed E-state index contributed by atoms with van der Waals surface area (Å²) in [5.41, 5.74) is 5.40. The van der Waals surface area contributed by atoms with Crippen LogP contribution in [0.1, 0.15) is 41.3 Å². The van der Waals surface area contributed by atoms with E-state index in [2.05, 4.69) is 5.32 Å². The second-order valence-corrected chi connectivity index (χ2v) is 9.83. The number of amides is 2. The Bertz CT molecular complexity index is 1440. The molecule has 6 N–H and O–H groups in total. The average Bonchev–Trinajstić information content (AvgIpc) is 2.85. The molecule has 0 spiro atoms. The third-order valence-electron chi connectivity index (χ3n) is 7.67. The lowest BCUT2D eigenvalue weighted by atomic mass is 9.60. The van der Waals surface area contributed by atoms with E-state index in [9.17, 15) is 34.5 Å². The summed E-state index contributed by atoms with van der Waals surface area (Å²) in [6, 6.07) is 10.6. The topological polar surface area (TPSA) is 167 Å². The molecule has 0 aromatic heterocycles. The number of phenolic OH excluding ortho intramolecular Hbond substituents is 1. The van der Waals surface area contributed by atoms with Crippen LogP contribution in [0.25, 0.3) is 11.1 Å². The molecule has 3 atom stereocenters. The van der Waals surface area contributed by atoms with Gasteiger partial charge in [-0.1, -0.05) is 36.4 Å². The Labute approximate surface area is 212 Å². The van der Waals surface area contributed by atoms with Gasteiger partial charge in [-0.3, -0.25) is 19.2 Å². The molecule has 2 aromatic carbocycles. The van der Waals surface area contributed by atoms with Gasteiger partial charge in [-0.25, -0.2) is 0 Å². The van der Waals surface area contributed by atoms with E-state index in [1.807, 2.05) is 24.3 Å². The maximum Gasteiger partial charge on any atom is 0.252 e. The first-order valence-corrected chi connectivity index (χ1v) is 12.0. The number of carbonyl (C=O) groups is 4. The van der Waals surface area contributed by atoms with E-state index in [4.69, 9.17) is 5.73 Å². The normalized spacial score (nSPS) is 24.5. The van der Waals surface area contributed by atoms with Crippen LogP contribution in [-0.2, 0) is 27.3 Å². The number of hydrogen-bond donors (Lipinski definition) is 5. The molecule has 9 heteroatoms. The van der Waals surface area contributed by atoms with Gasteiger partial charge in [0.2, 0.25) is 11.7 Å². The Kier molecular flexibility index (Phi) is 5.75. The van der Waals surface area contributed by atoms with Crippen LogP contribution in [-0.4, -0.2) is 44.3 Å². The average molecular weight is 503 g/mol.